The average molecular weight is 459 g/mol. The van der Waals surface area contributed by atoms with E-state index in [-0.39, 0.29) is 0 Å². The minimum atomic E-state index is -0.895. The first-order valence-electron chi connectivity index (χ1n) is 10.4. The van der Waals surface area contributed by atoms with Gasteiger partial charge in [0.25, 0.3) is 5.91 Å². The number of ether oxygens (including phenoxy) is 3. The molecule has 174 valence electrons. The van der Waals surface area contributed by atoms with Crippen molar-refractivity contribution in [3.63, 3.8) is 0 Å². The molecule has 0 aromatic heterocycles. The molecule has 0 heterocycles. The third-order valence-corrected chi connectivity index (χ3v) is 4.88. The van der Waals surface area contributed by atoms with Gasteiger partial charge in [0.1, 0.15) is 23.0 Å². The molecule has 7 heteroatoms. The largest absolute Gasteiger partial charge is 0.497 e. The fourth-order valence-electron chi connectivity index (χ4n) is 3.19. The van der Waals surface area contributed by atoms with Crippen molar-refractivity contribution in [2.75, 3.05) is 14.2 Å². The van der Waals surface area contributed by atoms with E-state index >= 15 is 0 Å². The van der Waals surface area contributed by atoms with Crippen molar-refractivity contribution in [3.8, 4) is 23.0 Å². The SMILES string of the molecule is C=C(Cc1cc(OC)cc(OC)c1)c1ccc(Oc2ccc(C=CC(=O)NC(N)=O)cc2)cc1. The first-order valence-corrected chi connectivity index (χ1v) is 10.4. The summed E-state index contributed by atoms with van der Waals surface area (Å²) in [7, 11) is 3.25. The molecule has 0 saturated carbocycles. The standard InChI is InChI=1S/C27H26N2O5/c1-18(14-20-15-24(32-2)17-25(16-20)33-3)21-7-11-23(12-8-21)34-22-9-4-19(5-10-22)6-13-26(30)29-27(28)31/h4-13,15-17H,1,14H2,2-3H3,(H3,28,29,30,31). The van der Waals surface area contributed by atoms with Gasteiger partial charge in [-0.25, -0.2) is 4.79 Å². The average Bonchev–Trinajstić information content (AvgIpc) is 2.83. The molecule has 3 aromatic rings. The van der Waals surface area contributed by atoms with E-state index in [0.29, 0.717) is 17.9 Å². The lowest BCUT2D eigenvalue weighted by molar-refractivity contribution is -0.115. The van der Waals surface area contributed by atoms with Gasteiger partial charge in [0.2, 0.25) is 0 Å². The summed E-state index contributed by atoms with van der Waals surface area (Å²) in [6.07, 6.45) is 3.45. The van der Waals surface area contributed by atoms with Crippen LogP contribution in [0, 0.1) is 0 Å². The summed E-state index contributed by atoms with van der Waals surface area (Å²) in [6, 6.07) is 19.7. The lowest BCUT2D eigenvalue weighted by Gasteiger charge is -2.11. The number of carbonyl (C=O) groups excluding carboxylic acids is 2. The van der Waals surface area contributed by atoms with E-state index in [9.17, 15) is 9.59 Å². The van der Waals surface area contributed by atoms with Gasteiger partial charge >= 0.3 is 6.03 Å². The van der Waals surface area contributed by atoms with Gasteiger partial charge in [0.05, 0.1) is 14.2 Å². The number of primary amides is 1. The van der Waals surface area contributed by atoms with Gasteiger partial charge in [-0.3, -0.25) is 10.1 Å². The Morgan fingerprint density at radius 1 is 0.882 bits per heavy atom. The highest BCUT2D eigenvalue weighted by Crippen LogP contribution is 2.28. The Balaban J connectivity index is 1.60. The highest BCUT2D eigenvalue weighted by Gasteiger charge is 2.07. The van der Waals surface area contributed by atoms with Crippen molar-refractivity contribution < 1.29 is 23.8 Å². The van der Waals surface area contributed by atoms with E-state index in [1.807, 2.05) is 47.8 Å². The van der Waals surface area contributed by atoms with Crippen LogP contribution in [0.2, 0.25) is 0 Å². The summed E-state index contributed by atoms with van der Waals surface area (Å²) >= 11 is 0. The van der Waals surface area contributed by atoms with Crippen LogP contribution in [0.3, 0.4) is 0 Å². The molecule has 0 atom stereocenters. The van der Waals surface area contributed by atoms with E-state index in [0.717, 1.165) is 33.8 Å². The molecule has 7 nitrogen and oxygen atoms in total. The zero-order valence-corrected chi connectivity index (χ0v) is 19.0. The van der Waals surface area contributed by atoms with Gasteiger partial charge in [0.15, 0.2) is 0 Å². The first kappa shape index (κ1) is 24.1. The van der Waals surface area contributed by atoms with E-state index in [2.05, 4.69) is 6.58 Å². The Bertz CT molecular complexity index is 1180. The third-order valence-electron chi connectivity index (χ3n) is 4.88. The molecule has 0 saturated heterocycles. The van der Waals surface area contributed by atoms with Crippen LogP contribution in [-0.2, 0) is 11.2 Å². The second kappa shape index (κ2) is 11.4. The number of methoxy groups -OCH3 is 2. The van der Waals surface area contributed by atoms with Gasteiger partial charge < -0.3 is 19.9 Å². The molecule has 34 heavy (non-hydrogen) atoms. The number of nitrogens with one attached hydrogen (secondary N) is 1. The van der Waals surface area contributed by atoms with Crippen LogP contribution in [0.5, 0.6) is 23.0 Å². The Kier molecular flexibility index (Phi) is 8.07. The number of nitrogens with two attached hydrogens (primary N) is 1. The van der Waals surface area contributed by atoms with Gasteiger partial charge in [-0.2, -0.15) is 0 Å². The number of imide groups is 1. The lowest BCUT2D eigenvalue weighted by atomic mass is 9.99. The molecule has 0 fully saturated rings. The summed E-state index contributed by atoms with van der Waals surface area (Å²) in [5.41, 5.74) is 8.68. The fraction of sp³-hybridized carbons (Fsp3) is 0.111. The summed E-state index contributed by atoms with van der Waals surface area (Å²) in [6.45, 7) is 4.22. The molecule has 0 spiro atoms. The van der Waals surface area contributed by atoms with E-state index in [4.69, 9.17) is 19.9 Å². The fourth-order valence-corrected chi connectivity index (χ4v) is 3.19. The topological polar surface area (TPSA) is 99.9 Å². The Labute approximate surface area is 198 Å². The molecule has 0 radical (unpaired) electrons. The molecular formula is C27H26N2O5. The van der Waals surface area contributed by atoms with Crippen molar-refractivity contribution in [2.24, 2.45) is 5.73 Å². The molecule has 0 unspecified atom stereocenters. The molecule has 0 aliphatic heterocycles. The van der Waals surface area contributed by atoms with Crippen molar-refractivity contribution in [1.82, 2.24) is 5.32 Å². The highest BCUT2D eigenvalue weighted by atomic mass is 16.5. The van der Waals surface area contributed by atoms with E-state index in [1.54, 1.807) is 44.6 Å². The van der Waals surface area contributed by atoms with Crippen molar-refractivity contribution in [2.45, 2.75) is 6.42 Å². The van der Waals surface area contributed by atoms with Gasteiger partial charge in [-0.15, -0.1) is 0 Å². The number of hydrogen-bond donors (Lipinski definition) is 2. The van der Waals surface area contributed by atoms with E-state index in [1.165, 1.54) is 6.08 Å². The van der Waals surface area contributed by atoms with Gasteiger partial charge in [-0.05, 0) is 71.2 Å². The molecule has 3 amide bonds. The Morgan fingerprint density at radius 2 is 1.44 bits per heavy atom. The predicted molar refractivity (Wildman–Crippen MR) is 132 cm³/mol. The number of benzene rings is 3. The number of allylic oxidation sites excluding steroid dienone is 1. The lowest BCUT2D eigenvalue weighted by Crippen LogP contribution is -2.33. The first-order chi connectivity index (χ1) is 16.4. The maximum atomic E-state index is 11.4. The summed E-state index contributed by atoms with van der Waals surface area (Å²) < 4.78 is 16.6. The van der Waals surface area contributed by atoms with E-state index < -0.39 is 11.9 Å². The van der Waals surface area contributed by atoms with Crippen LogP contribution in [0.4, 0.5) is 4.79 Å². The summed E-state index contributed by atoms with van der Waals surface area (Å²) in [5.74, 6) is 2.22. The van der Waals surface area contributed by atoms with Gasteiger partial charge in [-0.1, -0.05) is 30.8 Å². The highest BCUT2D eigenvalue weighted by molar-refractivity contribution is 6.01. The van der Waals surface area contributed by atoms with Crippen LogP contribution in [0.1, 0.15) is 16.7 Å². The van der Waals surface area contributed by atoms with Crippen molar-refractivity contribution in [3.05, 3.63) is 96.1 Å². The molecular weight excluding hydrogens is 432 g/mol. The number of rotatable bonds is 9. The number of hydrogen-bond acceptors (Lipinski definition) is 5. The second-order valence-corrected chi connectivity index (χ2v) is 7.38. The third kappa shape index (κ3) is 7.00. The normalized spacial score (nSPS) is 10.5. The summed E-state index contributed by atoms with van der Waals surface area (Å²) in [4.78, 5) is 22.1. The van der Waals surface area contributed by atoms with Crippen LogP contribution in [-0.4, -0.2) is 26.2 Å². The van der Waals surface area contributed by atoms with Crippen LogP contribution >= 0.6 is 0 Å². The predicted octanol–water partition coefficient (Wildman–Crippen LogP) is 4.96. The number of urea groups is 1. The van der Waals surface area contributed by atoms with Crippen LogP contribution in [0.25, 0.3) is 11.6 Å². The Morgan fingerprint density at radius 3 is 1.97 bits per heavy atom. The molecule has 0 aliphatic rings. The summed E-state index contributed by atoms with van der Waals surface area (Å²) in [5, 5.41) is 1.96. The second-order valence-electron chi connectivity index (χ2n) is 7.38. The molecule has 3 N–H and O–H groups in total. The molecule has 3 aromatic carbocycles. The zero-order chi connectivity index (χ0) is 24.5. The minimum absolute atomic E-state index is 0.583. The minimum Gasteiger partial charge on any atom is -0.497 e. The molecule has 0 bridgehead atoms. The monoisotopic (exact) mass is 458 g/mol. The van der Waals surface area contributed by atoms with Crippen molar-refractivity contribution >= 4 is 23.6 Å². The maximum Gasteiger partial charge on any atom is 0.319 e. The van der Waals surface area contributed by atoms with Crippen LogP contribution in [0.15, 0.2) is 79.4 Å². The Hall–Kier alpha value is -4.52. The molecule has 0 aliphatic carbocycles. The number of amides is 3. The number of carbonyl (C=O) groups is 2. The quantitative estimate of drug-likeness (QED) is 0.442. The zero-order valence-electron chi connectivity index (χ0n) is 19.0. The maximum absolute atomic E-state index is 11.4. The van der Waals surface area contributed by atoms with Gasteiger partial charge in [0, 0.05) is 12.1 Å². The van der Waals surface area contributed by atoms with Crippen molar-refractivity contribution in [1.29, 1.82) is 0 Å². The molecule has 3 rings (SSSR count). The van der Waals surface area contributed by atoms with Crippen LogP contribution < -0.4 is 25.3 Å². The smallest absolute Gasteiger partial charge is 0.319 e.